The van der Waals surface area contributed by atoms with E-state index in [1.54, 1.807) is 13.3 Å². The molecule has 1 unspecified atom stereocenters. The van der Waals surface area contributed by atoms with E-state index in [9.17, 15) is 4.39 Å². The molecule has 0 aliphatic carbocycles. The third-order valence-corrected chi connectivity index (χ3v) is 1.75. The van der Waals surface area contributed by atoms with Gasteiger partial charge >= 0.3 is 0 Å². The van der Waals surface area contributed by atoms with Crippen LogP contribution in [0.2, 0.25) is 5.15 Å². The molecule has 4 nitrogen and oxygen atoms in total. The summed E-state index contributed by atoms with van der Waals surface area (Å²) in [5.41, 5.74) is 0. The molecule has 76 valence electrons. The number of nitrogens with zero attached hydrogens (tertiary/aromatic N) is 3. The summed E-state index contributed by atoms with van der Waals surface area (Å²) in [6, 6.07) is -0.111. The number of anilines is 1. The van der Waals surface area contributed by atoms with Gasteiger partial charge in [0, 0.05) is 13.3 Å². The number of halogens is 2. The first kappa shape index (κ1) is 10.8. The van der Waals surface area contributed by atoms with Gasteiger partial charge in [0.05, 0.1) is 6.04 Å². The predicted octanol–water partition coefficient (Wildman–Crippen LogP) is 1.77. The lowest BCUT2D eigenvalue weighted by atomic mass is 10.3. The smallest absolute Gasteiger partial charge is 0.202 e. The lowest BCUT2D eigenvalue weighted by Crippen LogP contribution is -2.18. The van der Waals surface area contributed by atoms with Gasteiger partial charge in [-0.05, 0) is 6.92 Å². The van der Waals surface area contributed by atoms with Crippen molar-refractivity contribution in [2.45, 2.75) is 13.0 Å². The Labute approximate surface area is 86.2 Å². The molecule has 0 aliphatic rings. The van der Waals surface area contributed by atoms with Crippen molar-refractivity contribution in [3.8, 4) is 0 Å². The fourth-order valence-electron chi connectivity index (χ4n) is 0.925. The fourth-order valence-corrected chi connectivity index (χ4v) is 1.06. The summed E-state index contributed by atoms with van der Waals surface area (Å²) >= 11 is 5.47. The monoisotopic (exact) mass is 216 g/mol. The lowest BCUT2D eigenvalue weighted by molar-refractivity contribution is 0.616. The van der Waals surface area contributed by atoms with Crippen molar-refractivity contribution >= 4 is 23.6 Å². The molecule has 14 heavy (non-hydrogen) atoms. The average molecular weight is 217 g/mol. The Morgan fingerprint density at radius 1 is 1.64 bits per heavy atom. The first-order chi connectivity index (χ1) is 6.65. The van der Waals surface area contributed by atoms with Gasteiger partial charge in [0.25, 0.3) is 0 Å². The van der Waals surface area contributed by atoms with Crippen LogP contribution in [-0.2, 0) is 0 Å². The number of aliphatic imine (C=N–C) groups is 1. The van der Waals surface area contributed by atoms with Crippen LogP contribution in [0.3, 0.4) is 0 Å². The van der Waals surface area contributed by atoms with Gasteiger partial charge in [-0.25, -0.2) is 9.97 Å². The maximum atomic E-state index is 13.2. The molecule has 0 radical (unpaired) electrons. The van der Waals surface area contributed by atoms with Gasteiger partial charge in [-0.3, -0.25) is 4.99 Å². The van der Waals surface area contributed by atoms with Crippen LogP contribution in [0.1, 0.15) is 6.92 Å². The zero-order chi connectivity index (χ0) is 10.6. The molecule has 0 saturated carbocycles. The summed E-state index contributed by atoms with van der Waals surface area (Å²) in [6.45, 7) is 1.82. The molecule has 0 aromatic carbocycles. The Hall–Kier alpha value is -1.23. The molecular weight excluding hydrogens is 207 g/mol. The number of hydrogen-bond acceptors (Lipinski definition) is 4. The topological polar surface area (TPSA) is 50.2 Å². The Bertz CT molecular complexity index is 342. The molecule has 1 heterocycles. The van der Waals surface area contributed by atoms with E-state index in [2.05, 4.69) is 20.3 Å². The van der Waals surface area contributed by atoms with E-state index >= 15 is 0 Å². The normalized spacial score (nSPS) is 13.1. The van der Waals surface area contributed by atoms with Gasteiger partial charge in [-0.15, -0.1) is 0 Å². The quantitative estimate of drug-likeness (QED) is 0.619. The number of aromatic nitrogens is 2. The molecule has 6 heteroatoms. The minimum atomic E-state index is -0.648. The maximum Gasteiger partial charge on any atom is 0.202 e. The van der Waals surface area contributed by atoms with Gasteiger partial charge in [-0.2, -0.15) is 4.39 Å². The summed E-state index contributed by atoms with van der Waals surface area (Å²) in [6.07, 6.45) is 2.83. The van der Waals surface area contributed by atoms with Gasteiger partial charge in [0.2, 0.25) is 5.82 Å². The Balaban J connectivity index is 2.81. The Kier molecular flexibility index (Phi) is 3.76. The van der Waals surface area contributed by atoms with E-state index in [1.165, 1.54) is 6.33 Å². The highest BCUT2D eigenvalue weighted by molar-refractivity contribution is 6.29. The molecular formula is C8H10ClFN4. The van der Waals surface area contributed by atoms with E-state index in [1.807, 2.05) is 6.92 Å². The van der Waals surface area contributed by atoms with E-state index in [4.69, 9.17) is 11.6 Å². The maximum absolute atomic E-state index is 13.2. The second-order valence-corrected chi connectivity index (χ2v) is 3.03. The van der Waals surface area contributed by atoms with Gasteiger partial charge < -0.3 is 5.32 Å². The highest BCUT2D eigenvalue weighted by atomic mass is 35.5. The van der Waals surface area contributed by atoms with Crippen LogP contribution in [0.5, 0.6) is 0 Å². The van der Waals surface area contributed by atoms with Crippen molar-refractivity contribution in [2.75, 3.05) is 12.4 Å². The van der Waals surface area contributed by atoms with Gasteiger partial charge in [0.15, 0.2) is 11.0 Å². The van der Waals surface area contributed by atoms with E-state index < -0.39 is 5.82 Å². The lowest BCUT2D eigenvalue weighted by Gasteiger charge is -2.09. The molecule has 0 fully saturated rings. The van der Waals surface area contributed by atoms with Crippen LogP contribution < -0.4 is 5.32 Å². The third kappa shape index (κ3) is 2.63. The zero-order valence-electron chi connectivity index (χ0n) is 7.83. The van der Waals surface area contributed by atoms with Crippen LogP contribution in [-0.4, -0.2) is 29.3 Å². The molecule has 0 aliphatic heterocycles. The summed E-state index contributed by atoms with van der Waals surface area (Å²) in [7, 11) is 1.64. The first-order valence-corrected chi connectivity index (χ1v) is 4.37. The van der Waals surface area contributed by atoms with Crippen LogP contribution in [0.25, 0.3) is 0 Å². The van der Waals surface area contributed by atoms with E-state index in [0.717, 1.165) is 0 Å². The van der Waals surface area contributed by atoms with Crippen molar-refractivity contribution in [1.29, 1.82) is 0 Å². The summed E-state index contributed by atoms with van der Waals surface area (Å²) in [5.74, 6) is -0.567. The van der Waals surface area contributed by atoms with Gasteiger partial charge in [-0.1, -0.05) is 11.6 Å². The van der Waals surface area contributed by atoms with Crippen molar-refractivity contribution in [1.82, 2.24) is 9.97 Å². The summed E-state index contributed by atoms with van der Waals surface area (Å²) in [5, 5.41) is 2.60. The van der Waals surface area contributed by atoms with Crippen LogP contribution in [0.4, 0.5) is 10.2 Å². The first-order valence-electron chi connectivity index (χ1n) is 4.00. The average Bonchev–Trinajstić information content (AvgIpc) is 2.13. The highest BCUT2D eigenvalue weighted by Gasteiger charge is 2.10. The van der Waals surface area contributed by atoms with Crippen molar-refractivity contribution < 1.29 is 4.39 Å². The van der Waals surface area contributed by atoms with Gasteiger partial charge in [0.1, 0.15) is 6.33 Å². The van der Waals surface area contributed by atoms with Crippen molar-refractivity contribution in [3.63, 3.8) is 0 Å². The molecule has 1 aromatic rings. The molecule has 0 spiro atoms. The Morgan fingerprint density at radius 2 is 2.36 bits per heavy atom. The number of nitrogens with one attached hydrogen (secondary N) is 1. The molecule has 1 aromatic heterocycles. The van der Waals surface area contributed by atoms with Crippen molar-refractivity contribution in [3.05, 3.63) is 17.3 Å². The standard InChI is InChI=1S/C8H10ClFN4/c1-5(3-11-2)14-8-6(10)7(9)12-4-13-8/h3-5H,1-2H3,(H,12,13,14). The van der Waals surface area contributed by atoms with Crippen LogP contribution in [0.15, 0.2) is 11.3 Å². The molecule has 1 N–H and O–H groups in total. The number of rotatable bonds is 3. The predicted molar refractivity (Wildman–Crippen MR) is 54.5 cm³/mol. The molecule has 1 atom stereocenters. The fraction of sp³-hybridized carbons (Fsp3) is 0.375. The highest BCUT2D eigenvalue weighted by Crippen LogP contribution is 2.17. The van der Waals surface area contributed by atoms with E-state index in [0.29, 0.717) is 0 Å². The SMILES string of the molecule is CN=CC(C)Nc1ncnc(Cl)c1F. The summed E-state index contributed by atoms with van der Waals surface area (Å²) in [4.78, 5) is 11.0. The molecule has 0 saturated heterocycles. The third-order valence-electron chi connectivity index (χ3n) is 1.48. The minimum absolute atomic E-state index is 0.0809. The largest absolute Gasteiger partial charge is 0.360 e. The molecule has 0 amide bonds. The molecule has 0 bridgehead atoms. The van der Waals surface area contributed by atoms with Crippen molar-refractivity contribution in [2.24, 2.45) is 4.99 Å². The number of hydrogen-bond donors (Lipinski definition) is 1. The second-order valence-electron chi connectivity index (χ2n) is 2.67. The Morgan fingerprint density at radius 3 is 3.00 bits per heavy atom. The zero-order valence-corrected chi connectivity index (χ0v) is 8.59. The summed E-state index contributed by atoms with van der Waals surface area (Å²) < 4.78 is 13.2. The van der Waals surface area contributed by atoms with E-state index in [-0.39, 0.29) is 17.0 Å². The van der Waals surface area contributed by atoms with Crippen LogP contribution >= 0.6 is 11.6 Å². The molecule has 1 rings (SSSR count). The van der Waals surface area contributed by atoms with Crippen LogP contribution in [0, 0.1) is 5.82 Å². The minimum Gasteiger partial charge on any atom is -0.360 e. The second kappa shape index (κ2) is 4.85.